The topological polar surface area (TPSA) is 35.5 Å². The lowest BCUT2D eigenvalue weighted by Crippen LogP contribution is -2.01. The van der Waals surface area contributed by atoms with Crippen LogP contribution in [-0.2, 0) is 12.5 Å². The first-order chi connectivity index (χ1) is 9.78. The fourth-order valence-corrected chi connectivity index (χ4v) is 2.12. The molecule has 0 saturated heterocycles. The third kappa shape index (κ3) is 3.31. The summed E-state index contributed by atoms with van der Waals surface area (Å²) in [5.74, 6) is 1.57. The van der Waals surface area contributed by atoms with Crippen LogP contribution in [0.25, 0.3) is 0 Å². The lowest BCUT2D eigenvalue weighted by molar-refractivity contribution is 0.112. The Morgan fingerprint density at radius 3 is 2.50 bits per heavy atom. The number of benzene rings is 2. The van der Waals surface area contributed by atoms with Crippen LogP contribution in [0.4, 0.5) is 0 Å². The maximum absolute atomic E-state index is 10.8. The van der Waals surface area contributed by atoms with Crippen molar-refractivity contribution in [1.29, 1.82) is 0 Å². The summed E-state index contributed by atoms with van der Waals surface area (Å²) in [6.07, 6.45) is 0.777. The molecular formula is C16H15ClO3. The van der Waals surface area contributed by atoms with E-state index in [1.54, 1.807) is 25.3 Å². The normalized spacial score (nSPS) is 10.1. The summed E-state index contributed by atoms with van der Waals surface area (Å²) in [6.45, 7) is 0.377. The summed E-state index contributed by atoms with van der Waals surface area (Å²) in [5, 5.41) is 0. The van der Waals surface area contributed by atoms with Crippen molar-refractivity contribution in [3.63, 3.8) is 0 Å². The lowest BCUT2D eigenvalue weighted by Gasteiger charge is -2.12. The fraction of sp³-hybridized carbons (Fsp3) is 0.188. The van der Waals surface area contributed by atoms with Crippen LogP contribution in [0.2, 0.25) is 0 Å². The lowest BCUT2D eigenvalue weighted by atomic mass is 10.1. The van der Waals surface area contributed by atoms with E-state index in [-0.39, 0.29) is 0 Å². The van der Waals surface area contributed by atoms with Gasteiger partial charge < -0.3 is 9.47 Å². The second-order valence-corrected chi connectivity index (χ2v) is 4.49. The molecule has 0 aliphatic heterocycles. The van der Waals surface area contributed by atoms with E-state index in [0.717, 1.165) is 17.4 Å². The second kappa shape index (κ2) is 6.96. The van der Waals surface area contributed by atoms with Crippen molar-refractivity contribution in [2.75, 3.05) is 7.11 Å². The van der Waals surface area contributed by atoms with E-state index in [1.165, 1.54) is 0 Å². The Labute approximate surface area is 123 Å². The number of aldehydes is 1. The van der Waals surface area contributed by atoms with Crippen molar-refractivity contribution < 1.29 is 14.3 Å². The smallest absolute Gasteiger partial charge is 0.162 e. The van der Waals surface area contributed by atoms with Crippen molar-refractivity contribution in [1.82, 2.24) is 0 Å². The summed E-state index contributed by atoms with van der Waals surface area (Å²) >= 11 is 5.89. The highest BCUT2D eigenvalue weighted by Gasteiger charge is 2.07. The van der Waals surface area contributed by atoms with E-state index in [4.69, 9.17) is 21.1 Å². The van der Waals surface area contributed by atoms with Gasteiger partial charge in [0, 0.05) is 11.4 Å². The van der Waals surface area contributed by atoms with Crippen molar-refractivity contribution >= 4 is 17.9 Å². The molecule has 0 fully saturated rings. The van der Waals surface area contributed by atoms with Crippen LogP contribution in [-0.4, -0.2) is 13.4 Å². The quantitative estimate of drug-likeness (QED) is 0.599. The van der Waals surface area contributed by atoms with E-state index in [1.807, 2.05) is 24.3 Å². The highest BCUT2D eigenvalue weighted by atomic mass is 35.5. The standard InChI is InChI=1S/C16H15ClO3/c1-19-15-7-6-12(10-18)8-16(15)20-11-14-5-3-2-4-13(14)9-17/h2-8,10H,9,11H2,1H3. The number of halogens is 1. The number of hydrogen-bond donors (Lipinski definition) is 0. The zero-order valence-corrected chi connectivity index (χ0v) is 11.9. The van der Waals surface area contributed by atoms with Crippen molar-refractivity contribution in [2.24, 2.45) is 0 Å². The van der Waals surface area contributed by atoms with Gasteiger partial charge in [0.1, 0.15) is 12.9 Å². The molecule has 3 nitrogen and oxygen atoms in total. The molecule has 2 aromatic carbocycles. The number of ether oxygens (including phenoxy) is 2. The first-order valence-corrected chi connectivity index (χ1v) is 6.70. The van der Waals surface area contributed by atoms with Crippen LogP contribution in [0.3, 0.4) is 0 Å². The Kier molecular flexibility index (Phi) is 5.02. The van der Waals surface area contributed by atoms with Gasteiger partial charge in [-0.2, -0.15) is 0 Å². The molecule has 104 valence electrons. The molecule has 0 saturated carbocycles. The average molecular weight is 291 g/mol. The van der Waals surface area contributed by atoms with Gasteiger partial charge >= 0.3 is 0 Å². The van der Waals surface area contributed by atoms with Gasteiger partial charge in [-0.05, 0) is 29.3 Å². The molecule has 0 aliphatic rings. The minimum absolute atomic E-state index is 0.377. The molecule has 0 atom stereocenters. The van der Waals surface area contributed by atoms with Gasteiger partial charge in [-0.15, -0.1) is 11.6 Å². The molecular weight excluding hydrogens is 276 g/mol. The average Bonchev–Trinajstić information content (AvgIpc) is 2.52. The van der Waals surface area contributed by atoms with E-state index >= 15 is 0 Å². The van der Waals surface area contributed by atoms with Crippen LogP contribution in [0.5, 0.6) is 11.5 Å². The van der Waals surface area contributed by atoms with Gasteiger partial charge in [-0.25, -0.2) is 0 Å². The summed E-state index contributed by atoms with van der Waals surface area (Å²) in [6, 6.07) is 12.9. The number of alkyl halides is 1. The van der Waals surface area contributed by atoms with Crippen LogP contribution in [0.1, 0.15) is 21.5 Å². The van der Waals surface area contributed by atoms with Crippen molar-refractivity contribution in [3.05, 3.63) is 59.2 Å². The Bertz CT molecular complexity index is 596. The molecule has 0 heterocycles. The molecule has 0 N–H and O–H groups in total. The molecule has 0 aliphatic carbocycles. The molecule has 20 heavy (non-hydrogen) atoms. The number of methoxy groups -OCH3 is 1. The molecule has 0 radical (unpaired) electrons. The SMILES string of the molecule is COc1ccc(C=O)cc1OCc1ccccc1CCl. The Morgan fingerprint density at radius 2 is 1.85 bits per heavy atom. The first-order valence-electron chi connectivity index (χ1n) is 6.17. The highest BCUT2D eigenvalue weighted by Crippen LogP contribution is 2.28. The minimum atomic E-state index is 0.377. The molecule has 0 amide bonds. The van der Waals surface area contributed by atoms with E-state index < -0.39 is 0 Å². The number of rotatable bonds is 6. The van der Waals surface area contributed by atoms with Crippen LogP contribution in [0, 0.1) is 0 Å². The van der Waals surface area contributed by atoms with Crippen molar-refractivity contribution in [3.8, 4) is 11.5 Å². The fourth-order valence-electron chi connectivity index (χ4n) is 1.86. The Hall–Kier alpha value is -2.00. The summed E-state index contributed by atoms with van der Waals surface area (Å²) < 4.78 is 11.0. The zero-order chi connectivity index (χ0) is 14.4. The second-order valence-electron chi connectivity index (χ2n) is 4.22. The monoisotopic (exact) mass is 290 g/mol. The van der Waals surface area contributed by atoms with Crippen LogP contribution < -0.4 is 9.47 Å². The Morgan fingerprint density at radius 1 is 1.10 bits per heavy atom. The highest BCUT2D eigenvalue weighted by molar-refractivity contribution is 6.17. The third-order valence-corrected chi connectivity index (χ3v) is 3.26. The third-order valence-electron chi connectivity index (χ3n) is 2.97. The predicted molar refractivity (Wildman–Crippen MR) is 78.7 cm³/mol. The molecule has 0 aromatic heterocycles. The molecule has 0 bridgehead atoms. The summed E-state index contributed by atoms with van der Waals surface area (Å²) in [4.78, 5) is 10.8. The van der Waals surface area contributed by atoms with Crippen LogP contribution >= 0.6 is 11.6 Å². The molecule has 0 unspecified atom stereocenters. The van der Waals surface area contributed by atoms with Gasteiger partial charge in [0.25, 0.3) is 0 Å². The molecule has 2 rings (SSSR count). The van der Waals surface area contributed by atoms with Gasteiger partial charge in [0.15, 0.2) is 11.5 Å². The van der Waals surface area contributed by atoms with Gasteiger partial charge in [-0.3, -0.25) is 4.79 Å². The van der Waals surface area contributed by atoms with Gasteiger partial charge in [-0.1, -0.05) is 24.3 Å². The number of hydrogen-bond acceptors (Lipinski definition) is 3. The van der Waals surface area contributed by atoms with Crippen LogP contribution in [0.15, 0.2) is 42.5 Å². The van der Waals surface area contributed by atoms with Gasteiger partial charge in [0.2, 0.25) is 0 Å². The van der Waals surface area contributed by atoms with E-state index in [9.17, 15) is 4.79 Å². The van der Waals surface area contributed by atoms with E-state index in [2.05, 4.69) is 0 Å². The molecule has 4 heteroatoms. The molecule has 0 spiro atoms. The summed E-state index contributed by atoms with van der Waals surface area (Å²) in [7, 11) is 1.56. The maximum atomic E-state index is 10.8. The Balaban J connectivity index is 2.19. The summed E-state index contributed by atoms with van der Waals surface area (Å²) in [5.41, 5.74) is 2.59. The minimum Gasteiger partial charge on any atom is -0.493 e. The zero-order valence-electron chi connectivity index (χ0n) is 11.1. The first kappa shape index (κ1) is 14.4. The number of carbonyl (C=O) groups is 1. The van der Waals surface area contributed by atoms with Crippen molar-refractivity contribution in [2.45, 2.75) is 12.5 Å². The van der Waals surface area contributed by atoms with E-state index in [0.29, 0.717) is 29.5 Å². The largest absolute Gasteiger partial charge is 0.493 e. The number of carbonyl (C=O) groups excluding carboxylic acids is 1. The predicted octanol–water partition coefficient (Wildman–Crippen LogP) is 3.83. The van der Waals surface area contributed by atoms with Gasteiger partial charge in [0.05, 0.1) is 7.11 Å². The maximum Gasteiger partial charge on any atom is 0.162 e. The molecule has 2 aromatic rings.